The van der Waals surface area contributed by atoms with Gasteiger partial charge in [0.15, 0.2) is 0 Å². The van der Waals surface area contributed by atoms with Crippen LogP contribution in [0.2, 0.25) is 0 Å². The minimum Gasteiger partial charge on any atom is -0.444 e. The molecule has 3 unspecified atom stereocenters. The Balaban J connectivity index is 1.39. The molecule has 4 heterocycles. The van der Waals surface area contributed by atoms with Gasteiger partial charge < -0.3 is 14.6 Å². The van der Waals surface area contributed by atoms with Gasteiger partial charge in [0.05, 0.1) is 4.90 Å². The second-order valence-corrected chi connectivity index (χ2v) is 9.69. The molecule has 2 aromatic heterocycles. The molecule has 5 rings (SSSR count). The highest BCUT2D eigenvalue weighted by Crippen LogP contribution is 2.29. The topological polar surface area (TPSA) is 92.5 Å². The lowest BCUT2D eigenvalue weighted by atomic mass is 9.97. The normalized spacial score (nSPS) is 23.9. The highest BCUT2D eigenvalue weighted by molar-refractivity contribution is 7.91. The van der Waals surface area contributed by atoms with Crippen molar-refractivity contribution in [2.24, 2.45) is 5.92 Å². The van der Waals surface area contributed by atoms with Gasteiger partial charge in [-0.15, -0.1) is 0 Å². The monoisotopic (exact) mass is 411 g/mol. The minimum absolute atomic E-state index is 0.117. The van der Waals surface area contributed by atoms with E-state index in [0.717, 1.165) is 26.1 Å². The van der Waals surface area contributed by atoms with E-state index in [2.05, 4.69) is 15.2 Å². The first kappa shape index (κ1) is 18.3. The fourth-order valence-corrected chi connectivity index (χ4v) is 5.53. The summed E-state index contributed by atoms with van der Waals surface area (Å²) in [5, 5.41) is 3.44. The number of nitrogens with zero attached hydrogens (tertiary/aromatic N) is 2. The number of pyridine rings is 1. The van der Waals surface area contributed by atoms with E-state index < -0.39 is 9.84 Å². The summed E-state index contributed by atoms with van der Waals surface area (Å²) >= 11 is 0. The summed E-state index contributed by atoms with van der Waals surface area (Å²) in [6.45, 7) is 3.10. The Labute approximate surface area is 168 Å². The third-order valence-corrected chi connectivity index (χ3v) is 7.36. The predicted octanol–water partition coefficient (Wildman–Crippen LogP) is 2.48. The molecule has 3 aromatic rings. The third-order valence-electron chi connectivity index (χ3n) is 5.73. The van der Waals surface area contributed by atoms with Crippen LogP contribution in [-0.4, -0.2) is 49.9 Å². The Kier molecular flexibility index (Phi) is 4.40. The Morgan fingerprint density at radius 2 is 2.00 bits per heavy atom. The Hall–Kier alpha value is -2.71. The zero-order valence-corrected chi connectivity index (χ0v) is 16.6. The van der Waals surface area contributed by atoms with Crippen LogP contribution in [0.3, 0.4) is 0 Å². The molecule has 1 N–H and O–H groups in total. The van der Waals surface area contributed by atoms with Gasteiger partial charge in [-0.1, -0.05) is 18.2 Å². The highest BCUT2D eigenvalue weighted by atomic mass is 32.2. The maximum atomic E-state index is 12.8. The Morgan fingerprint density at radius 3 is 2.79 bits per heavy atom. The minimum atomic E-state index is -3.76. The third kappa shape index (κ3) is 3.42. The van der Waals surface area contributed by atoms with E-state index in [4.69, 9.17) is 4.42 Å². The number of sulfone groups is 1. The van der Waals surface area contributed by atoms with E-state index >= 15 is 0 Å². The zero-order chi connectivity index (χ0) is 20.0. The van der Waals surface area contributed by atoms with Crippen LogP contribution >= 0.6 is 0 Å². The summed E-state index contributed by atoms with van der Waals surface area (Å²) in [5.41, 5.74) is 0.551. The summed E-state index contributed by atoms with van der Waals surface area (Å²) in [4.78, 5) is 19.4. The second kappa shape index (κ2) is 6.96. The summed E-state index contributed by atoms with van der Waals surface area (Å²) in [7, 11) is -3.76. The molecule has 8 heteroatoms. The maximum Gasteiger partial charge on any atom is 0.270 e. The van der Waals surface area contributed by atoms with Crippen molar-refractivity contribution in [3.8, 4) is 0 Å². The number of hydrogen-bond acceptors (Lipinski definition) is 6. The van der Waals surface area contributed by atoms with Crippen LogP contribution in [0.15, 0.2) is 63.1 Å². The van der Waals surface area contributed by atoms with E-state index in [1.54, 1.807) is 18.2 Å². The van der Waals surface area contributed by atoms with Gasteiger partial charge >= 0.3 is 0 Å². The molecule has 7 nitrogen and oxygen atoms in total. The number of fused-ring (bicyclic) bond motifs is 3. The molecule has 150 valence electrons. The van der Waals surface area contributed by atoms with Gasteiger partial charge in [-0.05, 0) is 37.4 Å². The smallest absolute Gasteiger partial charge is 0.270 e. The first-order chi connectivity index (χ1) is 14.0. The SMILES string of the molecule is O=C(NC1CC2CCN(C2)C1)c1cc2oc(S(=O)(=O)c3ccccc3)cc2cn1. The summed E-state index contributed by atoms with van der Waals surface area (Å²) in [5.74, 6) is 0.392. The zero-order valence-electron chi connectivity index (χ0n) is 15.7. The fourth-order valence-electron chi connectivity index (χ4n) is 4.31. The van der Waals surface area contributed by atoms with Crippen molar-refractivity contribution in [3.05, 3.63) is 54.4 Å². The lowest BCUT2D eigenvalue weighted by Crippen LogP contribution is -2.47. The molecule has 3 atom stereocenters. The van der Waals surface area contributed by atoms with E-state index in [1.807, 2.05) is 0 Å². The molecule has 0 radical (unpaired) electrons. The number of aromatic nitrogens is 1. The van der Waals surface area contributed by atoms with E-state index in [9.17, 15) is 13.2 Å². The largest absolute Gasteiger partial charge is 0.444 e. The quantitative estimate of drug-likeness (QED) is 0.709. The van der Waals surface area contributed by atoms with Gasteiger partial charge in [-0.25, -0.2) is 8.42 Å². The number of hydrogen-bond donors (Lipinski definition) is 1. The molecule has 2 fully saturated rings. The highest BCUT2D eigenvalue weighted by Gasteiger charge is 2.33. The molecule has 2 aliphatic heterocycles. The van der Waals surface area contributed by atoms with Gasteiger partial charge in [0, 0.05) is 42.8 Å². The molecular formula is C21H21N3O4S. The maximum absolute atomic E-state index is 12.8. The number of benzene rings is 1. The molecule has 2 bridgehead atoms. The van der Waals surface area contributed by atoms with Gasteiger partial charge in [0.1, 0.15) is 11.3 Å². The van der Waals surface area contributed by atoms with Crippen molar-refractivity contribution >= 4 is 26.7 Å². The number of furan rings is 1. The summed E-state index contributed by atoms with van der Waals surface area (Å²) in [6, 6.07) is 11.2. The van der Waals surface area contributed by atoms with Crippen LogP contribution in [0, 0.1) is 5.92 Å². The predicted molar refractivity (Wildman–Crippen MR) is 106 cm³/mol. The number of piperidine rings is 1. The number of rotatable bonds is 4. The molecule has 0 spiro atoms. The molecule has 29 heavy (non-hydrogen) atoms. The Bertz CT molecular complexity index is 1160. The average Bonchev–Trinajstić information content (AvgIpc) is 3.31. The van der Waals surface area contributed by atoms with Crippen LogP contribution in [0.4, 0.5) is 0 Å². The number of carbonyl (C=O) groups is 1. The molecule has 2 saturated heterocycles. The first-order valence-corrected chi connectivity index (χ1v) is 11.2. The lowest BCUT2D eigenvalue weighted by Gasteiger charge is -2.30. The molecule has 0 saturated carbocycles. The number of carbonyl (C=O) groups excluding carboxylic acids is 1. The van der Waals surface area contributed by atoms with E-state index in [-0.39, 0.29) is 27.6 Å². The van der Waals surface area contributed by atoms with E-state index in [1.165, 1.54) is 36.9 Å². The lowest BCUT2D eigenvalue weighted by molar-refractivity contribution is 0.0904. The standard InChI is InChI=1S/C21H21N3O4S/c25-21(23-16-8-14-6-7-24(12-14)13-16)18-10-19-15(11-22-18)9-20(28-19)29(26,27)17-4-2-1-3-5-17/h1-5,9-11,14,16H,6-8,12-13H2,(H,23,25). The number of amides is 1. The van der Waals surface area contributed by atoms with Crippen LogP contribution in [0.1, 0.15) is 23.3 Å². The first-order valence-electron chi connectivity index (χ1n) is 9.72. The molecule has 0 aliphatic carbocycles. The van der Waals surface area contributed by atoms with Crippen molar-refractivity contribution in [2.45, 2.75) is 28.9 Å². The van der Waals surface area contributed by atoms with Crippen molar-refractivity contribution in [1.82, 2.24) is 15.2 Å². The van der Waals surface area contributed by atoms with Crippen molar-refractivity contribution < 1.29 is 17.6 Å². The van der Waals surface area contributed by atoms with Crippen LogP contribution in [0.25, 0.3) is 11.0 Å². The summed E-state index contributed by atoms with van der Waals surface area (Å²) < 4.78 is 31.1. The van der Waals surface area contributed by atoms with E-state index in [0.29, 0.717) is 16.9 Å². The Morgan fingerprint density at radius 1 is 1.17 bits per heavy atom. The van der Waals surface area contributed by atoms with Crippen LogP contribution in [0.5, 0.6) is 0 Å². The van der Waals surface area contributed by atoms with Gasteiger partial charge in [-0.2, -0.15) is 0 Å². The second-order valence-electron chi connectivity index (χ2n) is 7.81. The van der Waals surface area contributed by atoms with Crippen molar-refractivity contribution in [1.29, 1.82) is 0 Å². The van der Waals surface area contributed by atoms with Crippen molar-refractivity contribution in [3.63, 3.8) is 0 Å². The fraction of sp³-hybridized carbons (Fsp3) is 0.333. The van der Waals surface area contributed by atoms with Crippen LogP contribution in [-0.2, 0) is 9.84 Å². The van der Waals surface area contributed by atoms with Gasteiger partial charge in [-0.3, -0.25) is 9.78 Å². The number of nitrogens with one attached hydrogen (secondary N) is 1. The average molecular weight is 411 g/mol. The van der Waals surface area contributed by atoms with Crippen LogP contribution < -0.4 is 5.32 Å². The molecular weight excluding hydrogens is 390 g/mol. The van der Waals surface area contributed by atoms with Gasteiger partial charge in [0.2, 0.25) is 14.9 Å². The molecule has 1 amide bonds. The molecule has 1 aromatic carbocycles. The molecule has 2 aliphatic rings. The summed E-state index contributed by atoms with van der Waals surface area (Å²) in [6.07, 6.45) is 3.66. The van der Waals surface area contributed by atoms with Gasteiger partial charge in [0.25, 0.3) is 5.91 Å². The van der Waals surface area contributed by atoms with Crippen molar-refractivity contribution in [2.75, 3.05) is 19.6 Å².